The van der Waals surface area contributed by atoms with Gasteiger partial charge in [-0.1, -0.05) is 41.9 Å². The van der Waals surface area contributed by atoms with Gasteiger partial charge < -0.3 is 9.88 Å². The Morgan fingerprint density at radius 3 is 2.65 bits per heavy atom. The number of nitrogens with one attached hydrogen (secondary N) is 1. The molecule has 0 bridgehead atoms. The highest BCUT2D eigenvalue weighted by molar-refractivity contribution is 7.71. The van der Waals surface area contributed by atoms with Crippen LogP contribution in [0.25, 0.3) is 10.9 Å². The van der Waals surface area contributed by atoms with Crippen molar-refractivity contribution in [3.05, 3.63) is 74.2 Å². The summed E-state index contributed by atoms with van der Waals surface area (Å²) in [6.07, 6.45) is 0.177. The molecule has 0 saturated carbocycles. The second-order valence-corrected chi connectivity index (χ2v) is 6.82. The van der Waals surface area contributed by atoms with E-state index in [4.69, 9.17) is 23.8 Å². The molecule has 26 heavy (non-hydrogen) atoms. The van der Waals surface area contributed by atoms with Gasteiger partial charge in [0.05, 0.1) is 10.9 Å². The molecular formula is C19H18ClN3O2S. The SMILES string of the molecule is CN(Cc1ccccc1Cl)C(=O)CCn1c(=S)[nH]c2ccccc2c1=O. The Kier molecular flexibility index (Phi) is 5.54. The van der Waals surface area contributed by atoms with Gasteiger partial charge in [0.25, 0.3) is 5.56 Å². The van der Waals surface area contributed by atoms with Crippen molar-refractivity contribution >= 4 is 40.6 Å². The van der Waals surface area contributed by atoms with Crippen molar-refractivity contribution < 1.29 is 4.79 Å². The smallest absolute Gasteiger partial charge is 0.262 e. The van der Waals surface area contributed by atoms with Crippen LogP contribution in [-0.4, -0.2) is 27.4 Å². The van der Waals surface area contributed by atoms with Crippen molar-refractivity contribution in [1.82, 2.24) is 14.5 Å². The fourth-order valence-electron chi connectivity index (χ4n) is 2.77. The molecule has 0 atom stereocenters. The minimum atomic E-state index is -0.189. The lowest BCUT2D eigenvalue weighted by molar-refractivity contribution is -0.130. The van der Waals surface area contributed by atoms with Crippen molar-refractivity contribution in [3.8, 4) is 0 Å². The topological polar surface area (TPSA) is 58.1 Å². The zero-order chi connectivity index (χ0) is 18.7. The van der Waals surface area contributed by atoms with Gasteiger partial charge in [-0.3, -0.25) is 14.2 Å². The molecule has 1 N–H and O–H groups in total. The van der Waals surface area contributed by atoms with Gasteiger partial charge in [0.2, 0.25) is 5.91 Å². The van der Waals surface area contributed by atoms with E-state index in [0.717, 1.165) is 5.56 Å². The van der Waals surface area contributed by atoms with E-state index in [0.29, 0.717) is 27.2 Å². The van der Waals surface area contributed by atoms with Gasteiger partial charge in [-0.15, -0.1) is 0 Å². The summed E-state index contributed by atoms with van der Waals surface area (Å²) in [6.45, 7) is 0.642. The quantitative estimate of drug-likeness (QED) is 0.678. The molecule has 1 heterocycles. The number of carbonyl (C=O) groups is 1. The number of hydrogen-bond donors (Lipinski definition) is 1. The lowest BCUT2D eigenvalue weighted by atomic mass is 10.2. The van der Waals surface area contributed by atoms with Crippen molar-refractivity contribution in [3.63, 3.8) is 0 Å². The normalized spacial score (nSPS) is 10.8. The summed E-state index contributed by atoms with van der Waals surface area (Å²) in [5, 5.41) is 1.18. The molecule has 0 unspecified atom stereocenters. The summed E-state index contributed by atoms with van der Waals surface area (Å²) in [5.74, 6) is -0.0839. The van der Waals surface area contributed by atoms with Crippen LogP contribution in [0.3, 0.4) is 0 Å². The van der Waals surface area contributed by atoms with Crippen LogP contribution < -0.4 is 5.56 Å². The molecule has 7 heteroatoms. The molecule has 2 aromatic carbocycles. The van der Waals surface area contributed by atoms with E-state index < -0.39 is 0 Å². The summed E-state index contributed by atoms with van der Waals surface area (Å²) < 4.78 is 1.74. The van der Waals surface area contributed by atoms with E-state index in [1.54, 1.807) is 36.2 Å². The third kappa shape index (κ3) is 3.86. The zero-order valence-electron chi connectivity index (χ0n) is 14.2. The predicted octanol–water partition coefficient (Wildman–Crippen LogP) is 3.76. The Bertz CT molecular complexity index is 1070. The molecule has 3 aromatic rings. The van der Waals surface area contributed by atoms with Crippen LogP contribution in [0.4, 0.5) is 0 Å². The average molecular weight is 388 g/mol. The van der Waals surface area contributed by atoms with E-state index in [1.807, 2.05) is 24.3 Å². The first-order chi connectivity index (χ1) is 12.5. The minimum absolute atomic E-state index is 0.0839. The molecule has 134 valence electrons. The van der Waals surface area contributed by atoms with Gasteiger partial charge >= 0.3 is 0 Å². The van der Waals surface area contributed by atoms with Crippen LogP contribution in [0.1, 0.15) is 12.0 Å². The first-order valence-electron chi connectivity index (χ1n) is 8.16. The van der Waals surface area contributed by atoms with Crippen LogP contribution in [-0.2, 0) is 17.9 Å². The number of hydrogen-bond acceptors (Lipinski definition) is 3. The molecule has 0 radical (unpaired) electrons. The van der Waals surface area contributed by atoms with E-state index in [2.05, 4.69) is 4.98 Å². The first-order valence-corrected chi connectivity index (χ1v) is 8.95. The number of carbonyl (C=O) groups excluding carboxylic acids is 1. The molecule has 1 amide bonds. The number of nitrogens with zero attached hydrogens (tertiary/aromatic N) is 2. The number of fused-ring (bicyclic) bond motifs is 1. The fraction of sp³-hybridized carbons (Fsp3) is 0.211. The van der Waals surface area contributed by atoms with Gasteiger partial charge in [-0.2, -0.15) is 0 Å². The van der Waals surface area contributed by atoms with E-state index >= 15 is 0 Å². The second kappa shape index (κ2) is 7.85. The average Bonchev–Trinajstić information content (AvgIpc) is 2.63. The Morgan fingerprint density at radius 2 is 1.88 bits per heavy atom. The van der Waals surface area contributed by atoms with Crippen LogP contribution in [0, 0.1) is 4.77 Å². The lowest BCUT2D eigenvalue weighted by Crippen LogP contribution is -2.29. The largest absolute Gasteiger partial charge is 0.341 e. The number of aromatic nitrogens is 2. The zero-order valence-corrected chi connectivity index (χ0v) is 15.8. The van der Waals surface area contributed by atoms with Gasteiger partial charge in [0.15, 0.2) is 4.77 Å². The third-order valence-corrected chi connectivity index (χ3v) is 4.92. The van der Waals surface area contributed by atoms with Crippen molar-refractivity contribution in [2.75, 3.05) is 7.05 Å². The van der Waals surface area contributed by atoms with E-state index in [-0.39, 0.29) is 24.4 Å². The Labute approximate surface area is 160 Å². The van der Waals surface area contributed by atoms with Crippen LogP contribution in [0.2, 0.25) is 5.02 Å². The van der Waals surface area contributed by atoms with Crippen LogP contribution in [0.5, 0.6) is 0 Å². The van der Waals surface area contributed by atoms with Gasteiger partial charge in [0.1, 0.15) is 0 Å². The summed E-state index contributed by atoms with van der Waals surface area (Å²) in [4.78, 5) is 29.7. The number of aromatic amines is 1. The van der Waals surface area contributed by atoms with E-state index in [9.17, 15) is 9.59 Å². The number of benzene rings is 2. The Morgan fingerprint density at radius 1 is 1.19 bits per heavy atom. The Hall–Kier alpha value is -2.44. The molecule has 0 aliphatic heterocycles. The van der Waals surface area contributed by atoms with E-state index in [1.165, 1.54) is 4.57 Å². The number of H-pyrrole nitrogens is 1. The Balaban J connectivity index is 1.73. The number of halogens is 1. The van der Waals surface area contributed by atoms with Crippen molar-refractivity contribution in [2.24, 2.45) is 0 Å². The van der Waals surface area contributed by atoms with Crippen LogP contribution in [0.15, 0.2) is 53.3 Å². The molecule has 0 aliphatic carbocycles. The van der Waals surface area contributed by atoms with Crippen molar-refractivity contribution in [1.29, 1.82) is 0 Å². The second-order valence-electron chi connectivity index (χ2n) is 6.02. The summed E-state index contributed by atoms with van der Waals surface area (Å²) in [6, 6.07) is 14.6. The highest BCUT2D eigenvalue weighted by Gasteiger charge is 2.13. The number of rotatable bonds is 5. The van der Waals surface area contributed by atoms with Crippen molar-refractivity contribution in [2.45, 2.75) is 19.5 Å². The number of para-hydroxylation sites is 1. The molecule has 3 rings (SSSR count). The highest BCUT2D eigenvalue weighted by atomic mass is 35.5. The maximum absolute atomic E-state index is 12.6. The summed E-state index contributed by atoms with van der Waals surface area (Å²) in [7, 11) is 1.72. The maximum Gasteiger partial charge on any atom is 0.262 e. The minimum Gasteiger partial charge on any atom is -0.341 e. The molecule has 0 fully saturated rings. The molecule has 0 spiro atoms. The van der Waals surface area contributed by atoms with Gasteiger partial charge in [-0.05, 0) is 36.0 Å². The molecule has 5 nitrogen and oxygen atoms in total. The third-order valence-electron chi connectivity index (χ3n) is 4.23. The van der Waals surface area contributed by atoms with Gasteiger partial charge in [-0.25, -0.2) is 0 Å². The first kappa shape index (κ1) is 18.4. The molecular weight excluding hydrogens is 370 g/mol. The molecule has 1 aromatic heterocycles. The van der Waals surface area contributed by atoms with Crippen LogP contribution >= 0.6 is 23.8 Å². The maximum atomic E-state index is 12.6. The fourth-order valence-corrected chi connectivity index (χ4v) is 3.25. The van der Waals surface area contributed by atoms with Gasteiger partial charge in [0, 0.05) is 31.6 Å². The standard InChI is InChI=1S/C19H18ClN3O2S/c1-22(12-13-6-2-4-8-15(13)20)17(24)10-11-23-18(25)14-7-3-5-9-16(14)21-19(23)26/h2-9H,10-12H2,1H3,(H,21,26). The molecule has 0 aliphatic rings. The highest BCUT2D eigenvalue weighted by Crippen LogP contribution is 2.16. The predicted molar refractivity (Wildman–Crippen MR) is 106 cm³/mol. The summed E-state index contributed by atoms with van der Waals surface area (Å²) >= 11 is 11.4. The number of amides is 1. The monoisotopic (exact) mass is 387 g/mol. The summed E-state index contributed by atoms with van der Waals surface area (Å²) in [5.41, 5.74) is 1.39. The lowest BCUT2D eigenvalue weighted by Gasteiger charge is -2.18. The molecule has 0 saturated heterocycles.